The molecule has 3 aromatic rings. The lowest BCUT2D eigenvalue weighted by Crippen LogP contribution is -2.34. The van der Waals surface area contributed by atoms with Crippen LogP contribution in [-0.4, -0.2) is 28.7 Å². The molecule has 2 aromatic carbocycles. The fourth-order valence-electron chi connectivity index (χ4n) is 2.44. The van der Waals surface area contributed by atoms with Crippen molar-refractivity contribution in [2.45, 2.75) is 19.9 Å². The van der Waals surface area contributed by atoms with Crippen LogP contribution in [0.5, 0.6) is 5.75 Å². The van der Waals surface area contributed by atoms with Gasteiger partial charge in [-0.05, 0) is 49.8 Å². The van der Waals surface area contributed by atoms with E-state index in [1.165, 1.54) is 12.1 Å². The molecule has 0 fully saturated rings. The Labute approximate surface area is 162 Å². The van der Waals surface area contributed by atoms with E-state index in [0.29, 0.717) is 23.0 Å². The van der Waals surface area contributed by atoms with Crippen LogP contribution in [0.15, 0.2) is 53.1 Å². The van der Waals surface area contributed by atoms with Gasteiger partial charge in [-0.2, -0.15) is 4.98 Å². The van der Waals surface area contributed by atoms with Gasteiger partial charge in [-0.25, -0.2) is 4.39 Å². The zero-order valence-corrected chi connectivity index (χ0v) is 15.6. The first-order chi connectivity index (χ1) is 13.5. The van der Waals surface area contributed by atoms with E-state index >= 15 is 0 Å². The van der Waals surface area contributed by atoms with Crippen LogP contribution in [0.4, 0.5) is 4.39 Å². The van der Waals surface area contributed by atoms with Crippen LogP contribution in [0.1, 0.15) is 25.3 Å². The number of amides is 1. The van der Waals surface area contributed by atoms with Gasteiger partial charge < -0.3 is 14.6 Å². The van der Waals surface area contributed by atoms with Crippen LogP contribution in [0.3, 0.4) is 0 Å². The van der Waals surface area contributed by atoms with Gasteiger partial charge in [-0.3, -0.25) is 4.79 Å². The van der Waals surface area contributed by atoms with Crippen LogP contribution >= 0.6 is 0 Å². The van der Waals surface area contributed by atoms with Crippen LogP contribution in [0.2, 0.25) is 0 Å². The summed E-state index contributed by atoms with van der Waals surface area (Å²) in [6, 6.07) is 13.2. The number of carbonyl (C=O) groups excluding carboxylic acids is 1. The zero-order chi connectivity index (χ0) is 19.9. The van der Waals surface area contributed by atoms with Crippen molar-refractivity contribution in [1.29, 1.82) is 0 Å². The molecule has 0 aliphatic heterocycles. The molecule has 0 spiro atoms. The predicted octanol–water partition coefficient (Wildman–Crippen LogP) is 3.95. The second kappa shape index (κ2) is 8.94. The average Bonchev–Trinajstić information content (AvgIpc) is 3.14. The monoisotopic (exact) mass is 381 g/mol. The third-order valence-electron chi connectivity index (χ3n) is 3.67. The van der Waals surface area contributed by atoms with Crippen LogP contribution in [-0.2, 0) is 4.79 Å². The highest BCUT2D eigenvalue weighted by Crippen LogP contribution is 2.27. The molecule has 0 bridgehead atoms. The van der Waals surface area contributed by atoms with Crippen molar-refractivity contribution in [1.82, 2.24) is 15.5 Å². The molecule has 144 valence electrons. The van der Waals surface area contributed by atoms with Gasteiger partial charge in [-0.15, -0.1) is 0 Å². The molecule has 1 aromatic heterocycles. The maximum atomic E-state index is 13.0. The van der Waals surface area contributed by atoms with Crippen molar-refractivity contribution < 1.29 is 18.4 Å². The Morgan fingerprint density at radius 3 is 2.68 bits per heavy atom. The van der Waals surface area contributed by atoms with Crippen molar-refractivity contribution in [3.8, 4) is 17.1 Å². The number of nitrogens with one attached hydrogen (secondary N) is 1. The molecule has 0 aliphatic carbocycles. The first kappa shape index (κ1) is 19.3. The maximum Gasteiger partial charge on any atom is 0.258 e. The van der Waals surface area contributed by atoms with Crippen molar-refractivity contribution in [2.75, 3.05) is 6.61 Å². The molecule has 3 rings (SSSR count). The summed E-state index contributed by atoms with van der Waals surface area (Å²) < 4.78 is 23.8. The second-order valence-corrected chi connectivity index (χ2v) is 6.35. The lowest BCUT2D eigenvalue weighted by atomic mass is 10.2. The number of nitrogens with zero attached hydrogens (tertiary/aromatic N) is 2. The third-order valence-corrected chi connectivity index (χ3v) is 3.67. The fourth-order valence-corrected chi connectivity index (χ4v) is 2.44. The number of carbonyl (C=O) groups is 1. The van der Waals surface area contributed by atoms with Gasteiger partial charge in [0, 0.05) is 12.1 Å². The molecule has 28 heavy (non-hydrogen) atoms. The van der Waals surface area contributed by atoms with Crippen LogP contribution in [0, 0.1) is 5.82 Å². The largest absolute Gasteiger partial charge is 0.483 e. The minimum absolute atomic E-state index is 0.0407. The lowest BCUT2D eigenvalue weighted by Gasteiger charge is -2.11. The van der Waals surface area contributed by atoms with E-state index < -0.39 is 0 Å². The summed E-state index contributed by atoms with van der Waals surface area (Å²) in [5, 5.41) is 6.74. The quantitative estimate of drug-likeness (QED) is 0.671. The summed E-state index contributed by atoms with van der Waals surface area (Å²) in [6.45, 7) is 3.66. The van der Waals surface area contributed by atoms with Crippen molar-refractivity contribution in [3.63, 3.8) is 0 Å². The first-order valence-corrected chi connectivity index (χ1v) is 8.80. The van der Waals surface area contributed by atoms with Gasteiger partial charge in [0.25, 0.3) is 11.8 Å². The van der Waals surface area contributed by atoms with E-state index in [1.807, 2.05) is 19.9 Å². The van der Waals surface area contributed by atoms with Crippen molar-refractivity contribution >= 4 is 18.1 Å². The smallest absolute Gasteiger partial charge is 0.258 e. The first-order valence-electron chi connectivity index (χ1n) is 8.80. The van der Waals surface area contributed by atoms with Gasteiger partial charge in [0.1, 0.15) is 11.6 Å². The number of hydrogen-bond acceptors (Lipinski definition) is 5. The summed E-state index contributed by atoms with van der Waals surface area (Å²) in [5.41, 5.74) is 1.42. The van der Waals surface area contributed by atoms with Crippen LogP contribution in [0.25, 0.3) is 23.5 Å². The third kappa shape index (κ3) is 5.26. The Morgan fingerprint density at radius 1 is 1.18 bits per heavy atom. The molecule has 0 atom stereocenters. The van der Waals surface area contributed by atoms with Gasteiger partial charge in [0.2, 0.25) is 5.82 Å². The molecule has 0 radical (unpaired) electrons. The average molecular weight is 381 g/mol. The topological polar surface area (TPSA) is 77.2 Å². The minimum Gasteiger partial charge on any atom is -0.483 e. The van der Waals surface area contributed by atoms with E-state index in [9.17, 15) is 9.18 Å². The second-order valence-electron chi connectivity index (χ2n) is 6.35. The molecule has 6 nitrogen and oxygen atoms in total. The van der Waals surface area contributed by atoms with Gasteiger partial charge in [0.15, 0.2) is 6.61 Å². The Morgan fingerprint density at radius 2 is 1.93 bits per heavy atom. The molecular weight excluding hydrogens is 361 g/mol. The number of aromatic nitrogens is 2. The van der Waals surface area contributed by atoms with Gasteiger partial charge in [-0.1, -0.05) is 29.4 Å². The Balaban J connectivity index is 1.72. The fraction of sp³-hybridized carbons (Fsp3) is 0.190. The lowest BCUT2D eigenvalue weighted by molar-refractivity contribution is -0.123. The minimum atomic E-state index is -0.295. The molecule has 0 saturated heterocycles. The molecule has 7 heteroatoms. The molecule has 0 aliphatic rings. The summed E-state index contributed by atoms with van der Waals surface area (Å²) in [4.78, 5) is 16.1. The van der Waals surface area contributed by atoms with E-state index in [0.717, 1.165) is 5.56 Å². The highest BCUT2D eigenvalue weighted by atomic mass is 19.1. The van der Waals surface area contributed by atoms with Crippen LogP contribution < -0.4 is 10.1 Å². The van der Waals surface area contributed by atoms with E-state index in [-0.39, 0.29) is 24.4 Å². The normalized spacial score (nSPS) is 11.1. The van der Waals surface area contributed by atoms with Crippen molar-refractivity contribution in [3.05, 3.63) is 65.8 Å². The summed E-state index contributed by atoms with van der Waals surface area (Å²) in [5.74, 6) is 0.623. The summed E-state index contributed by atoms with van der Waals surface area (Å²) >= 11 is 0. The van der Waals surface area contributed by atoms with E-state index in [4.69, 9.17) is 9.26 Å². The van der Waals surface area contributed by atoms with Gasteiger partial charge >= 0.3 is 0 Å². The molecule has 1 amide bonds. The highest BCUT2D eigenvalue weighted by molar-refractivity contribution is 5.78. The number of rotatable bonds is 7. The summed E-state index contributed by atoms with van der Waals surface area (Å²) in [6.07, 6.45) is 3.39. The molecular formula is C21H20FN3O3. The number of ether oxygens (including phenoxy) is 1. The van der Waals surface area contributed by atoms with Crippen molar-refractivity contribution in [2.24, 2.45) is 0 Å². The zero-order valence-electron chi connectivity index (χ0n) is 15.6. The number of hydrogen-bond donors (Lipinski definition) is 1. The standard InChI is InChI=1S/C21H20FN3O3/c1-14(2)23-19(26)13-27-18-6-4-3-5-17(18)21-24-20(28-25-21)12-9-15-7-10-16(22)11-8-15/h3-12,14H,13H2,1-2H3,(H,23,26). The Bertz CT molecular complexity index is 965. The molecule has 1 heterocycles. The van der Waals surface area contributed by atoms with E-state index in [2.05, 4.69) is 15.5 Å². The molecule has 0 unspecified atom stereocenters. The molecule has 1 N–H and O–H groups in total. The Hall–Kier alpha value is -3.48. The number of benzene rings is 2. The molecule has 0 saturated carbocycles. The van der Waals surface area contributed by atoms with E-state index in [1.54, 1.807) is 42.5 Å². The number of para-hydroxylation sites is 1. The SMILES string of the molecule is CC(C)NC(=O)COc1ccccc1-c1noc(C=Cc2ccc(F)cc2)n1. The van der Waals surface area contributed by atoms with Gasteiger partial charge in [0.05, 0.1) is 5.56 Å². The summed E-state index contributed by atoms with van der Waals surface area (Å²) in [7, 11) is 0. The number of halogens is 1. The maximum absolute atomic E-state index is 13.0. The Kier molecular flexibility index (Phi) is 6.16. The highest BCUT2D eigenvalue weighted by Gasteiger charge is 2.13. The predicted molar refractivity (Wildman–Crippen MR) is 104 cm³/mol.